The number of aromatic nitrogens is 1. The summed E-state index contributed by atoms with van der Waals surface area (Å²) in [6.07, 6.45) is 0. The quantitative estimate of drug-likeness (QED) is 0.319. The zero-order valence-electron chi connectivity index (χ0n) is 15.1. The van der Waals surface area contributed by atoms with Crippen LogP contribution < -0.4 is 9.47 Å². The van der Waals surface area contributed by atoms with Crippen LogP contribution in [0.3, 0.4) is 0 Å². The lowest BCUT2D eigenvalue weighted by Crippen LogP contribution is -2.34. The Morgan fingerprint density at radius 2 is 1.56 bits per heavy atom. The summed E-state index contributed by atoms with van der Waals surface area (Å²) in [5, 5.41) is 4.01. The van der Waals surface area contributed by atoms with Gasteiger partial charge in [0.2, 0.25) is 11.2 Å². The van der Waals surface area contributed by atoms with Crippen LogP contribution in [-0.2, 0) is 7.05 Å². The summed E-state index contributed by atoms with van der Waals surface area (Å²) < 4.78 is 2.36. The highest BCUT2D eigenvalue weighted by Crippen LogP contribution is 2.46. The molecule has 0 bridgehead atoms. The molecule has 0 aliphatic carbocycles. The fourth-order valence-electron chi connectivity index (χ4n) is 4.30. The lowest BCUT2D eigenvalue weighted by molar-refractivity contribution is -0.632. The molecule has 25 heavy (non-hydrogen) atoms. The molecule has 2 nitrogen and oxygen atoms in total. The number of rotatable bonds is 0. The van der Waals surface area contributed by atoms with E-state index < -0.39 is 0 Å². The number of anilines is 2. The Balaban J connectivity index is 2.08. The van der Waals surface area contributed by atoms with Gasteiger partial charge in [0, 0.05) is 18.5 Å². The van der Waals surface area contributed by atoms with Crippen LogP contribution in [0.15, 0.2) is 54.6 Å². The van der Waals surface area contributed by atoms with E-state index in [0.29, 0.717) is 0 Å². The molecule has 2 heteroatoms. The molecule has 0 saturated heterocycles. The lowest BCUT2D eigenvalue weighted by Gasteiger charge is -2.29. The monoisotopic (exact) mass is 325 g/mol. The van der Waals surface area contributed by atoms with Crippen molar-refractivity contribution in [3.05, 3.63) is 65.7 Å². The van der Waals surface area contributed by atoms with Gasteiger partial charge in [-0.1, -0.05) is 29.8 Å². The molecule has 2 heterocycles. The third-order valence-electron chi connectivity index (χ3n) is 5.55. The van der Waals surface area contributed by atoms with E-state index in [0.717, 1.165) is 0 Å². The largest absolute Gasteiger partial charge is 0.343 e. The van der Waals surface area contributed by atoms with Crippen molar-refractivity contribution in [2.45, 2.75) is 13.8 Å². The van der Waals surface area contributed by atoms with Gasteiger partial charge in [-0.25, -0.2) is 0 Å². The lowest BCUT2D eigenvalue weighted by atomic mass is 9.92. The topological polar surface area (TPSA) is 7.12 Å². The van der Waals surface area contributed by atoms with Crippen molar-refractivity contribution in [3.8, 4) is 11.3 Å². The van der Waals surface area contributed by atoms with Crippen LogP contribution in [0.2, 0.25) is 0 Å². The number of hydrogen-bond acceptors (Lipinski definition) is 1. The number of benzene rings is 3. The third-order valence-corrected chi connectivity index (χ3v) is 5.55. The number of aryl methyl sites for hydroxylation is 3. The molecule has 0 atom stereocenters. The standard InChI is InChI=1S/C23H21N2/c1-14-9-11-19-18(12-14)16-6-5-7-20-22(16)23(25(19)4)17-10-8-15(2)13-21(17)24(20)3/h5-13H,1-4H3/q+1. The second-order valence-corrected chi connectivity index (χ2v) is 7.21. The second-order valence-electron chi connectivity index (χ2n) is 7.21. The normalized spacial score (nSPS) is 12.7. The van der Waals surface area contributed by atoms with Crippen molar-refractivity contribution >= 4 is 33.1 Å². The highest BCUT2D eigenvalue weighted by atomic mass is 15.1. The zero-order chi connectivity index (χ0) is 17.3. The molecule has 0 N–H and O–H groups in total. The van der Waals surface area contributed by atoms with Gasteiger partial charge in [-0.2, -0.15) is 4.57 Å². The second kappa shape index (κ2) is 4.82. The minimum absolute atomic E-state index is 1.28. The molecule has 0 saturated carbocycles. The van der Waals surface area contributed by atoms with Crippen molar-refractivity contribution in [1.29, 1.82) is 0 Å². The van der Waals surface area contributed by atoms with E-state index >= 15 is 0 Å². The molecule has 122 valence electrons. The summed E-state index contributed by atoms with van der Waals surface area (Å²) in [5.41, 5.74) is 9.05. The smallest absolute Gasteiger partial charge is 0.224 e. The first kappa shape index (κ1) is 14.5. The van der Waals surface area contributed by atoms with E-state index in [9.17, 15) is 0 Å². The average molecular weight is 325 g/mol. The Labute approximate surface area is 147 Å². The van der Waals surface area contributed by atoms with Crippen LogP contribution in [0.1, 0.15) is 11.1 Å². The van der Waals surface area contributed by atoms with E-state index in [2.05, 4.69) is 92.0 Å². The summed E-state index contributed by atoms with van der Waals surface area (Å²) in [7, 11) is 4.37. The fraction of sp³-hybridized carbons (Fsp3) is 0.174. The van der Waals surface area contributed by atoms with Gasteiger partial charge in [-0.05, 0) is 43.7 Å². The third kappa shape index (κ3) is 1.82. The van der Waals surface area contributed by atoms with Gasteiger partial charge in [0.15, 0.2) is 0 Å². The molecule has 5 rings (SSSR count). The predicted octanol–water partition coefficient (Wildman–Crippen LogP) is 5.18. The SMILES string of the molecule is Cc1ccc2c(c1)N(C)c1cccc3c1c-2[n+](C)c1ccc(C)cc31. The molecule has 0 amide bonds. The van der Waals surface area contributed by atoms with Crippen molar-refractivity contribution in [2.24, 2.45) is 7.05 Å². The summed E-state index contributed by atoms with van der Waals surface area (Å²) in [6, 6.07) is 20.2. The van der Waals surface area contributed by atoms with Crippen LogP contribution in [-0.4, -0.2) is 7.05 Å². The van der Waals surface area contributed by atoms with Gasteiger partial charge in [0.25, 0.3) is 0 Å². The maximum Gasteiger partial charge on any atom is 0.224 e. The summed E-state index contributed by atoms with van der Waals surface area (Å²) >= 11 is 0. The Bertz CT molecular complexity index is 1190. The van der Waals surface area contributed by atoms with Gasteiger partial charge >= 0.3 is 0 Å². The minimum atomic E-state index is 1.28. The Kier molecular flexibility index (Phi) is 2.79. The van der Waals surface area contributed by atoms with Crippen LogP contribution in [0.25, 0.3) is 32.9 Å². The first-order valence-corrected chi connectivity index (χ1v) is 8.76. The first-order chi connectivity index (χ1) is 12.1. The van der Waals surface area contributed by atoms with Crippen molar-refractivity contribution < 1.29 is 4.57 Å². The van der Waals surface area contributed by atoms with Crippen LogP contribution in [0.4, 0.5) is 11.4 Å². The van der Waals surface area contributed by atoms with E-state index in [1.807, 2.05) is 0 Å². The highest BCUT2D eigenvalue weighted by Gasteiger charge is 2.30. The molecule has 3 aromatic carbocycles. The molecular formula is C23H21N2+. The molecule has 1 aliphatic heterocycles. The zero-order valence-corrected chi connectivity index (χ0v) is 15.1. The molecule has 0 unspecified atom stereocenters. The van der Waals surface area contributed by atoms with Gasteiger partial charge in [-0.15, -0.1) is 0 Å². The van der Waals surface area contributed by atoms with Gasteiger partial charge < -0.3 is 4.90 Å². The van der Waals surface area contributed by atoms with Crippen molar-refractivity contribution in [2.75, 3.05) is 11.9 Å². The van der Waals surface area contributed by atoms with E-state index in [4.69, 9.17) is 0 Å². The van der Waals surface area contributed by atoms with Crippen LogP contribution in [0, 0.1) is 13.8 Å². The summed E-state index contributed by atoms with van der Waals surface area (Å²) in [5.74, 6) is 0. The predicted molar refractivity (Wildman–Crippen MR) is 106 cm³/mol. The molecule has 1 aliphatic rings. The van der Waals surface area contributed by atoms with E-state index in [1.54, 1.807) is 0 Å². The summed E-state index contributed by atoms with van der Waals surface area (Å²) in [4.78, 5) is 2.33. The maximum atomic E-state index is 2.36. The van der Waals surface area contributed by atoms with Crippen molar-refractivity contribution in [1.82, 2.24) is 0 Å². The molecule has 0 radical (unpaired) electrons. The Morgan fingerprint density at radius 1 is 0.800 bits per heavy atom. The molecule has 0 fully saturated rings. The number of fused-ring (bicyclic) bond motifs is 4. The highest BCUT2D eigenvalue weighted by molar-refractivity contribution is 6.17. The number of hydrogen-bond donors (Lipinski definition) is 0. The van der Waals surface area contributed by atoms with Crippen molar-refractivity contribution in [3.63, 3.8) is 0 Å². The first-order valence-electron chi connectivity index (χ1n) is 8.76. The fourth-order valence-corrected chi connectivity index (χ4v) is 4.30. The van der Waals surface area contributed by atoms with Gasteiger partial charge in [0.05, 0.1) is 27.7 Å². The molecule has 4 aromatic rings. The average Bonchev–Trinajstić information content (AvgIpc) is 2.61. The summed E-state index contributed by atoms with van der Waals surface area (Å²) in [6.45, 7) is 4.33. The number of pyridine rings is 1. The van der Waals surface area contributed by atoms with E-state index in [-0.39, 0.29) is 0 Å². The van der Waals surface area contributed by atoms with E-state index in [1.165, 1.54) is 55.4 Å². The molecule has 0 spiro atoms. The molecule has 1 aromatic heterocycles. The molecular weight excluding hydrogens is 304 g/mol. The Morgan fingerprint density at radius 3 is 2.40 bits per heavy atom. The van der Waals surface area contributed by atoms with Crippen LogP contribution >= 0.6 is 0 Å². The van der Waals surface area contributed by atoms with Crippen LogP contribution in [0.5, 0.6) is 0 Å². The Hall–Kier alpha value is -2.87. The van der Waals surface area contributed by atoms with Gasteiger partial charge in [-0.3, -0.25) is 0 Å². The minimum Gasteiger partial charge on any atom is -0.343 e. The van der Waals surface area contributed by atoms with Gasteiger partial charge in [0.1, 0.15) is 7.05 Å². The maximum absolute atomic E-state index is 2.36. The number of nitrogens with zero attached hydrogens (tertiary/aromatic N) is 2.